The zero-order valence-electron chi connectivity index (χ0n) is 8.67. The van der Waals surface area contributed by atoms with E-state index in [2.05, 4.69) is 13.8 Å². The van der Waals surface area contributed by atoms with Crippen LogP contribution in [-0.2, 0) is 9.59 Å². The molecule has 0 aromatic carbocycles. The molecule has 2 amide bonds. The minimum atomic E-state index is -0.732. The summed E-state index contributed by atoms with van der Waals surface area (Å²) in [5.41, 5.74) is 2.13. The van der Waals surface area contributed by atoms with Crippen LogP contribution in [0.3, 0.4) is 0 Å². The molecular weight excluding hydrogens is 182 g/mol. The maximum absolute atomic E-state index is 11.4. The van der Waals surface area contributed by atoms with Gasteiger partial charge in [0.1, 0.15) is 0 Å². The van der Waals surface area contributed by atoms with Crippen LogP contribution in [0.25, 0.3) is 0 Å². The minimum absolute atomic E-state index is 0.274. The van der Waals surface area contributed by atoms with Crippen molar-refractivity contribution >= 4 is 11.8 Å². The summed E-state index contributed by atoms with van der Waals surface area (Å²) in [4.78, 5) is 23.9. The Balaban J connectivity index is 2.50. The summed E-state index contributed by atoms with van der Waals surface area (Å²) in [6, 6.07) is 0. The van der Waals surface area contributed by atoms with Gasteiger partial charge in [-0.3, -0.25) is 15.0 Å². The Hall–Kier alpha value is -1.10. The predicted molar refractivity (Wildman–Crippen MR) is 51.9 cm³/mol. The number of nitrogens with zero attached hydrogens (tertiary/aromatic N) is 1. The van der Waals surface area contributed by atoms with Gasteiger partial charge in [-0.25, -0.2) is 5.84 Å². The van der Waals surface area contributed by atoms with Crippen molar-refractivity contribution < 1.29 is 9.59 Å². The van der Waals surface area contributed by atoms with Gasteiger partial charge >= 0.3 is 11.8 Å². The van der Waals surface area contributed by atoms with Crippen molar-refractivity contribution in [3.8, 4) is 0 Å². The number of hydrazine groups is 1. The van der Waals surface area contributed by atoms with Gasteiger partial charge in [-0.1, -0.05) is 13.8 Å². The monoisotopic (exact) mass is 199 g/mol. The van der Waals surface area contributed by atoms with Gasteiger partial charge in [0.05, 0.1) is 0 Å². The van der Waals surface area contributed by atoms with Crippen molar-refractivity contribution in [1.29, 1.82) is 0 Å². The fourth-order valence-electron chi connectivity index (χ4n) is 1.52. The van der Waals surface area contributed by atoms with Crippen molar-refractivity contribution in [2.45, 2.75) is 26.7 Å². The average Bonchev–Trinajstić information content (AvgIpc) is 2.15. The molecule has 14 heavy (non-hydrogen) atoms. The minimum Gasteiger partial charge on any atom is -0.334 e. The topological polar surface area (TPSA) is 75.4 Å². The summed E-state index contributed by atoms with van der Waals surface area (Å²) < 4.78 is 0. The first-order valence-electron chi connectivity index (χ1n) is 4.76. The zero-order chi connectivity index (χ0) is 10.8. The number of likely N-dealkylation sites (tertiary alicyclic amines) is 1. The lowest BCUT2D eigenvalue weighted by atomic mass is 9.83. The number of carbonyl (C=O) groups is 2. The van der Waals surface area contributed by atoms with Crippen LogP contribution in [0.15, 0.2) is 0 Å². The van der Waals surface area contributed by atoms with Crippen LogP contribution in [0.1, 0.15) is 26.7 Å². The third-order valence-electron chi connectivity index (χ3n) is 2.73. The molecule has 0 atom stereocenters. The van der Waals surface area contributed by atoms with Crippen molar-refractivity contribution in [2.24, 2.45) is 11.3 Å². The third-order valence-corrected chi connectivity index (χ3v) is 2.73. The molecule has 0 aromatic rings. The molecule has 80 valence electrons. The van der Waals surface area contributed by atoms with Crippen LogP contribution in [-0.4, -0.2) is 29.8 Å². The number of piperidine rings is 1. The van der Waals surface area contributed by atoms with Crippen LogP contribution >= 0.6 is 0 Å². The summed E-state index contributed by atoms with van der Waals surface area (Å²) in [5, 5.41) is 0. The molecule has 0 bridgehead atoms. The van der Waals surface area contributed by atoms with Gasteiger partial charge in [-0.2, -0.15) is 0 Å². The normalized spacial score (nSPS) is 20.4. The van der Waals surface area contributed by atoms with Gasteiger partial charge in [0.2, 0.25) is 0 Å². The maximum atomic E-state index is 11.4. The second-order valence-electron chi connectivity index (χ2n) is 4.43. The second kappa shape index (κ2) is 3.96. The Bertz CT molecular complexity index is 240. The number of nitrogens with one attached hydrogen (secondary N) is 1. The van der Waals surface area contributed by atoms with Crippen LogP contribution in [0.5, 0.6) is 0 Å². The maximum Gasteiger partial charge on any atom is 0.323 e. The Labute approximate surface area is 83.6 Å². The van der Waals surface area contributed by atoms with Crippen LogP contribution in [0, 0.1) is 5.41 Å². The zero-order valence-corrected chi connectivity index (χ0v) is 8.67. The standard InChI is InChI=1S/C9H17N3O2/c1-9(2)3-5-12(6-4-9)8(14)7(13)11-10/h3-6,10H2,1-2H3,(H,11,13). The molecule has 1 aliphatic heterocycles. The average molecular weight is 199 g/mol. The molecule has 5 nitrogen and oxygen atoms in total. The molecule has 1 rings (SSSR count). The molecule has 0 unspecified atom stereocenters. The number of nitrogens with two attached hydrogens (primary N) is 1. The van der Waals surface area contributed by atoms with E-state index in [1.807, 2.05) is 5.43 Å². The molecule has 3 N–H and O–H groups in total. The smallest absolute Gasteiger partial charge is 0.323 e. The summed E-state index contributed by atoms with van der Waals surface area (Å²) in [5.74, 6) is 3.63. The second-order valence-corrected chi connectivity index (χ2v) is 4.43. The van der Waals surface area contributed by atoms with Gasteiger partial charge in [0.15, 0.2) is 0 Å². The lowest BCUT2D eigenvalue weighted by Gasteiger charge is -2.36. The molecule has 1 heterocycles. The first-order chi connectivity index (χ1) is 6.46. The summed E-state index contributed by atoms with van der Waals surface area (Å²) in [6.45, 7) is 5.61. The first kappa shape index (κ1) is 11.0. The van der Waals surface area contributed by atoms with E-state index in [-0.39, 0.29) is 5.41 Å². The van der Waals surface area contributed by atoms with Crippen molar-refractivity contribution in [3.05, 3.63) is 0 Å². The number of carbonyl (C=O) groups excluding carboxylic acids is 2. The van der Waals surface area contributed by atoms with E-state index in [9.17, 15) is 9.59 Å². The fourth-order valence-corrected chi connectivity index (χ4v) is 1.52. The summed E-state index contributed by atoms with van der Waals surface area (Å²) in [7, 11) is 0. The van der Waals surface area contributed by atoms with E-state index in [1.165, 1.54) is 0 Å². The molecule has 0 radical (unpaired) electrons. The van der Waals surface area contributed by atoms with Crippen LogP contribution in [0.2, 0.25) is 0 Å². The van der Waals surface area contributed by atoms with Crippen LogP contribution < -0.4 is 11.3 Å². The van der Waals surface area contributed by atoms with E-state index in [0.717, 1.165) is 12.8 Å². The Morgan fingerprint density at radius 1 is 1.29 bits per heavy atom. The molecule has 0 saturated carbocycles. The highest BCUT2D eigenvalue weighted by atomic mass is 16.2. The van der Waals surface area contributed by atoms with E-state index < -0.39 is 11.8 Å². The Kier molecular flexibility index (Phi) is 3.10. The fraction of sp³-hybridized carbons (Fsp3) is 0.778. The van der Waals surface area contributed by atoms with Crippen molar-refractivity contribution in [2.75, 3.05) is 13.1 Å². The predicted octanol–water partition coefficient (Wildman–Crippen LogP) is -0.375. The summed E-state index contributed by atoms with van der Waals surface area (Å²) >= 11 is 0. The van der Waals surface area contributed by atoms with Crippen molar-refractivity contribution in [3.63, 3.8) is 0 Å². The van der Waals surface area contributed by atoms with Gasteiger partial charge < -0.3 is 4.90 Å². The Morgan fingerprint density at radius 3 is 2.21 bits per heavy atom. The van der Waals surface area contributed by atoms with Gasteiger partial charge in [-0.05, 0) is 18.3 Å². The van der Waals surface area contributed by atoms with E-state index in [1.54, 1.807) is 4.90 Å². The van der Waals surface area contributed by atoms with E-state index in [0.29, 0.717) is 13.1 Å². The number of amides is 2. The molecule has 1 saturated heterocycles. The lowest BCUT2D eigenvalue weighted by molar-refractivity contribution is -0.147. The molecular formula is C9H17N3O2. The highest BCUT2D eigenvalue weighted by molar-refractivity contribution is 6.34. The molecule has 0 aliphatic carbocycles. The van der Waals surface area contributed by atoms with Gasteiger partial charge in [0.25, 0.3) is 0 Å². The van der Waals surface area contributed by atoms with E-state index in [4.69, 9.17) is 5.84 Å². The third kappa shape index (κ3) is 2.45. The SMILES string of the molecule is CC1(C)CCN(C(=O)C(=O)NN)CC1. The molecule has 1 aliphatic rings. The molecule has 0 spiro atoms. The van der Waals surface area contributed by atoms with Crippen molar-refractivity contribution in [1.82, 2.24) is 10.3 Å². The molecule has 0 aromatic heterocycles. The quantitative estimate of drug-likeness (QED) is 0.242. The van der Waals surface area contributed by atoms with Crippen LogP contribution in [0.4, 0.5) is 0 Å². The number of rotatable bonds is 0. The number of hydrogen-bond acceptors (Lipinski definition) is 3. The molecule has 5 heteroatoms. The Morgan fingerprint density at radius 2 is 1.79 bits per heavy atom. The highest BCUT2D eigenvalue weighted by Crippen LogP contribution is 2.29. The lowest BCUT2D eigenvalue weighted by Crippen LogP contribution is -2.49. The summed E-state index contributed by atoms with van der Waals surface area (Å²) in [6.07, 6.45) is 1.85. The molecule has 1 fully saturated rings. The first-order valence-corrected chi connectivity index (χ1v) is 4.76. The number of hydrogen-bond donors (Lipinski definition) is 2. The van der Waals surface area contributed by atoms with Gasteiger partial charge in [-0.15, -0.1) is 0 Å². The van der Waals surface area contributed by atoms with Gasteiger partial charge in [0, 0.05) is 13.1 Å². The largest absolute Gasteiger partial charge is 0.334 e. The highest BCUT2D eigenvalue weighted by Gasteiger charge is 2.30. The van der Waals surface area contributed by atoms with E-state index >= 15 is 0 Å².